The first-order chi connectivity index (χ1) is 44.0. The van der Waals surface area contributed by atoms with Crippen LogP contribution in [-0.4, -0.2) is 257 Å². The van der Waals surface area contributed by atoms with Gasteiger partial charge in [0.15, 0.2) is 5.37 Å². The number of carbonyl (C=O) groups excluding carboxylic acids is 11. The van der Waals surface area contributed by atoms with E-state index < -0.39 is 148 Å². The third-order valence-electron chi connectivity index (χ3n) is 18.4. The number of rotatable bonds is 23. The van der Waals surface area contributed by atoms with E-state index in [1.165, 1.54) is 116 Å². The minimum Gasteiger partial charge on any atom is -0.379 e. The Balaban J connectivity index is 4.57. The molecular formula is C70H128N12O12S. The van der Waals surface area contributed by atoms with Crippen molar-refractivity contribution in [2.45, 2.75) is 254 Å². The Hall–Kier alpha value is -5.82. The maximum absolute atomic E-state index is 15.5. The molecule has 0 saturated carbocycles. The lowest BCUT2D eigenvalue weighted by molar-refractivity contribution is -0.156. The van der Waals surface area contributed by atoms with E-state index in [4.69, 9.17) is 4.74 Å². The molecule has 95 heavy (non-hydrogen) atoms. The molecule has 0 aromatic heterocycles. The van der Waals surface area contributed by atoms with Crippen LogP contribution in [0.2, 0.25) is 0 Å². The fraction of sp³-hybridized carbons (Fsp3) is 0.814. The molecule has 1 fully saturated rings. The lowest BCUT2D eigenvalue weighted by Gasteiger charge is -2.41. The lowest BCUT2D eigenvalue weighted by atomic mass is 9.93. The van der Waals surface area contributed by atoms with Crippen molar-refractivity contribution in [2.75, 3.05) is 81.8 Å². The quantitative estimate of drug-likeness (QED) is 0.0690. The zero-order valence-electron chi connectivity index (χ0n) is 63.3. The van der Waals surface area contributed by atoms with Gasteiger partial charge in [-0.2, -0.15) is 0 Å². The van der Waals surface area contributed by atoms with Crippen molar-refractivity contribution in [3.63, 3.8) is 0 Å². The summed E-state index contributed by atoms with van der Waals surface area (Å²) >= 11 is 1.22. The van der Waals surface area contributed by atoms with Crippen molar-refractivity contribution in [1.82, 2.24) is 60.5 Å². The summed E-state index contributed by atoms with van der Waals surface area (Å²) in [5.41, 5.74) is -1.02. The molecule has 0 radical (unpaired) electrons. The third kappa shape index (κ3) is 25.8. The van der Waals surface area contributed by atoms with E-state index >= 15 is 33.6 Å². The summed E-state index contributed by atoms with van der Waals surface area (Å²) in [5.74, 6) is -8.13. The summed E-state index contributed by atoms with van der Waals surface area (Å²) in [6, 6.07) is -11.9. The predicted molar refractivity (Wildman–Crippen MR) is 377 cm³/mol. The first kappa shape index (κ1) is 87.2. The maximum Gasteiger partial charge on any atom is 0.256 e. The van der Waals surface area contributed by atoms with E-state index in [2.05, 4.69) is 40.0 Å². The lowest BCUT2D eigenvalue weighted by Crippen LogP contribution is -2.62. The summed E-state index contributed by atoms with van der Waals surface area (Å²) in [4.78, 5) is 176. The summed E-state index contributed by atoms with van der Waals surface area (Å²) < 4.78 is 5.86. The molecule has 0 aromatic rings. The van der Waals surface area contributed by atoms with Gasteiger partial charge in [-0.15, -0.1) is 11.8 Å². The monoisotopic (exact) mass is 1360 g/mol. The normalized spacial score (nSPS) is 26.0. The molecule has 0 aromatic carbocycles. The molecule has 24 nitrogen and oxygen atoms in total. The first-order valence-corrected chi connectivity index (χ1v) is 35.7. The number of methoxy groups -OCH3 is 1. The van der Waals surface area contributed by atoms with Crippen molar-refractivity contribution in [1.29, 1.82) is 0 Å². The predicted octanol–water partition coefficient (Wildman–Crippen LogP) is 5.86. The van der Waals surface area contributed by atoms with Gasteiger partial charge >= 0.3 is 0 Å². The molecular weight excluding hydrogens is 1230 g/mol. The van der Waals surface area contributed by atoms with Gasteiger partial charge < -0.3 is 65.2 Å². The highest BCUT2D eigenvalue weighted by Crippen LogP contribution is 2.28. The minimum atomic E-state index is -1.30. The second kappa shape index (κ2) is 40.8. The molecule has 1 heterocycles. The third-order valence-corrected chi connectivity index (χ3v) is 19.7. The molecule has 25 heteroatoms. The molecule has 4 N–H and O–H groups in total. The van der Waals surface area contributed by atoms with Gasteiger partial charge in [-0.1, -0.05) is 109 Å². The van der Waals surface area contributed by atoms with Crippen LogP contribution >= 0.6 is 11.8 Å². The Morgan fingerprint density at radius 2 is 0.947 bits per heavy atom. The molecule has 0 spiro atoms. The van der Waals surface area contributed by atoms with E-state index in [1.54, 1.807) is 48.5 Å². The molecule has 12 atom stereocenters. The number of hydrogen-bond donors (Lipinski definition) is 4. The number of allylic oxidation sites excluding steroid dienone is 2. The molecule has 2 unspecified atom stereocenters. The summed E-state index contributed by atoms with van der Waals surface area (Å²) in [6.07, 6.45) is 5.72. The zero-order valence-corrected chi connectivity index (χ0v) is 64.2. The number of ether oxygens (including phenoxy) is 1. The van der Waals surface area contributed by atoms with Gasteiger partial charge in [0.25, 0.3) is 5.91 Å². The summed E-state index contributed by atoms with van der Waals surface area (Å²) in [7, 11) is 11.9. The molecule has 11 amide bonds. The van der Waals surface area contributed by atoms with Crippen molar-refractivity contribution in [3.05, 3.63) is 12.2 Å². The second-order valence-corrected chi connectivity index (χ2v) is 30.1. The van der Waals surface area contributed by atoms with Crippen molar-refractivity contribution < 1.29 is 57.5 Å². The number of hydrogen-bond acceptors (Lipinski definition) is 14. The van der Waals surface area contributed by atoms with E-state index in [0.29, 0.717) is 25.1 Å². The van der Waals surface area contributed by atoms with Gasteiger partial charge in [0.05, 0.1) is 5.60 Å². The highest BCUT2D eigenvalue weighted by Gasteiger charge is 2.46. The number of nitrogens with zero attached hydrogens (tertiary/aromatic N) is 8. The minimum absolute atomic E-state index is 0.0656. The van der Waals surface area contributed by atoms with Crippen molar-refractivity contribution in [3.8, 4) is 0 Å². The van der Waals surface area contributed by atoms with Crippen LogP contribution < -0.4 is 21.3 Å². The molecule has 1 aliphatic heterocycles. The van der Waals surface area contributed by atoms with Gasteiger partial charge in [0, 0.05) is 62.9 Å². The largest absolute Gasteiger partial charge is 0.379 e. The smallest absolute Gasteiger partial charge is 0.256 e. The van der Waals surface area contributed by atoms with Crippen molar-refractivity contribution >= 4 is 76.7 Å². The Labute approximate surface area is 576 Å². The van der Waals surface area contributed by atoms with Crippen LogP contribution in [0.1, 0.15) is 183 Å². The van der Waals surface area contributed by atoms with Crippen molar-refractivity contribution in [2.24, 2.45) is 35.5 Å². The van der Waals surface area contributed by atoms with Gasteiger partial charge in [-0.3, -0.25) is 52.7 Å². The molecule has 1 aliphatic rings. The number of carbonyl (C=O) groups is 11. The second-order valence-electron chi connectivity index (χ2n) is 28.9. The number of nitrogens with one attached hydrogen (secondary N) is 4. The van der Waals surface area contributed by atoms with Crippen LogP contribution in [0.15, 0.2) is 12.2 Å². The van der Waals surface area contributed by atoms with Gasteiger partial charge in [-0.05, 0) is 140 Å². The van der Waals surface area contributed by atoms with E-state index in [9.17, 15) is 19.2 Å². The molecule has 1 rings (SSSR count). The standard InChI is InChI=1S/C70H128N12O12S/c1-28-32-34-47(15)40-52-60(85)73-50(29-2)63(88)81(26)69(95-36-33-35-82(30-3)31-4)68(93)79(24)55(41-70(18,19)94-27)61(86)74-56(45(11)12)66(91)75(20)51(37-42(5)6)59(84)71-48(16)58(83)72-49(17)62(87)77(22)53(38-43(7)8)64(89)78(23)54(39-44(9)10)65(90)80(25)57(46(13)14)67(92)76(52)21/h28,32,42-57,69H,29-31,33-41H2,1-27H3,(H,71,84)(H,72,83)(H,73,85)(H,74,86)/b32-28+/t47-,48+,49-,50?,51+,52?,53-,54-,55+,56+,57-,69-/m1/s1. The molecule has 1 saturated heterocycles. The van der Waals surface area contributed by atoms with E-state index in [-0.39, 0.29) is 62.2 Å². The first-order valence-electron chi connectivity index (χ1n) is 34.6. The topological polar surface area (TPSA) is 271 Å². The van der Waals surface area contributed by atoms with Gasteiger partial charge in [0.2, 0.25) is 59.1 Å². The van der Waals surface area contributed by atoms with Crippen LogP contribution in [0.4, 0.5) is 0 Å². The van der Waals surface area contributed by atoms with E-state index in [0.717, 1.165) is 13.1 Å². The summed E-state index contributed by atoms with van der Waals surface area (Å²) in [6.45, 7) is 36.8. The Morgan fingerprint density at radius 1 is 0.505 bits per heavy atom. The van der Waals surface area contributed by atoms with E-state index in [1.807, 2.05) is 67.5 Å². The number of thioether (sulfide) groups is 1. The SMILES string of the molecule is C/C=C/C[C@@H](C)CC1C(=O)NC(CC)C(=O)N(C)[C@H](SCCCN(CC)CC)C(=O)N(C)[C@@H](CC(C)(C)OC)C(=O)N[C@@H](C(C)C)C(=O)N(C)[C@@H](CC(C)C)C(=O)N[C@@H](C)C(=O)N[C@H](C)C(=O)N(C)[C@H](CC(C)C)C(=O)N(C)[C@H](CC(C)C)C(=O)N(C)[C@H](C(C)C)C(=O)N1C. The molecule has 0 bridgehead atoms. The highest BCUT2D eigenvalue weighted by molar-refractivity contribution is 8.00. The van der Waals surface area contributed by atoms with Crippen LogP contribution in [0, 0.1) is 35.5 Å². The van der Waals surface area contributed by atoms with Crippen LogP contribution in [0.25, 0.3) is 0 Å². The van der Waals surface area contributed by atoms with Crippen LogP contribution in [-0.2, 0) is 57.5 Å². The van der Waals surface area contributed by atoms with Gasteiger partial charge in [0.1, 0.15) is 60.4 Å². The maximum atomic E-state index is 15.5. The average molecular weight is 1360 g/mol. The molecule has 546 valence electrons. The van der Waals surface area contributed by atoms with Crippen LogP contribution in [0.3, 0.4) is 0 Å². The zero-order chi connectivity index (χ0) is 73.4. The Kier molecular flexibility index (Phi) is 37.4. The Morgan fingerprint density at radius 3 is 1.42 bits per heavy atom. The van der Waals surface area contributed by atoms with Gasteiger partial charge in [-0.25, -0.2) is 0 Å². The average Bonchev–Trinajstić information content (AvgIpc) is 0.819. The van der Waals surface area contributed by atoms with Crippen LogP contribution in [0.5, 0.6) is 0 Å². The number of amides is 11. The number of likely N-dealkylation sites (N-methyl/N-ethyl adjacent to an activating group) is 7. The summed E-state index contributed by atoms with van der Waals surface area (Å²) in [5, 5.41) is 10.1. The molecule has 0 aliphatic carbocycles. The highest BCUT2D eigenvalue weighted by atomic mass is 32.2. The Bertz CT molecular complexity index is 2560. The fourth-order valence-electron chi connectivity index (χ4n) is 11.9. The fourth-order valence-corrected chi connectivity index (χ4v) is 13.1.